The lowest BCUT2D eigenvalue weighted by Crippen LogP contribution is -2.47. The van der Waals surface area contributed by atoms with Gasteiger partial charge in [-0.3, -0.25) is 4.79 Å². The van der Waals surface area contributed by atoms with E-state index >= 15 is 0 Å². The molecule has 0 spiro atoms. The summed E-state index contributed by atoms with van der Waals surface area (Å²) in [5.74, 6) is 0.970. The Bertz CT molecular complexity index is 979. The average Bonchev–Trinajstić information content (AvgIpc) is 3.54. The van der Waals surface area contributed by atoms with Gasteiger partial charge in [0.05, 0.1) is 11.1 Å². The van der Waals surface area contributed by atoms with Gasteiger partial charge in [0.1, 0.15) is 5.75 Å². The first-order chi connectivity index (χ1) is 14.7. The lowest BCUT2D eigenvalue weighted by atomic mass is 9.64. The van der Waals surface area contributed by atoms with Crippen molar-refractivity contribution in [3.8, 4) is 5.75 Å². The van der Waals surface area contributed by atoms with Crippen LogP contribution in [0.3, 0.4) is 0 Å². The summed E-state index contributed by atoms with van der Waals surface area (Å²) in [5, 5.41) is 1.62. The molecule has 1 atom stereocenters. The van der Waals surface area contributed by atoms with Crippen molar-refractivity contribution in [2.75, 3.05) is 0 Å². The number of pyridine rings is 1. The van der Waals surface area contributed by atoms with E-state index in [4.69, 9.17) is 22.1 Å². The monoisotopic (exact) mass is 456 g/mol. The number of rotatable bonds is 7. The van der Waals surface area contributed by atoms with Gasteiger partial charge < -0.3 is 15.5 Å². The molecular formula is C23H28ClF3N2O2. The molecule has 8 heteroatoms. The van der Waals surface area contributed by atoms with E-state index in [0.29, 0.717) is 28.5 Å². The third kappa shape index (κ3) is 5.20. The van der Waals surface area contributed by atoms with Crippen LogP contribution in [0.5, 0.6) is 5.75 Å². The van der Waals surface area contributed by atoms with Gasteiger partial charge in [-0.1, -0.05) is 11.6 Å². The summed E-state index contributed by atoms with van der Waals surface area (Å²) in [6.45, 7) is 0. The lowest BCUT2D eigenvalue weighted by molar-refractivity contribution is -0.137. The molecule has 0 bridgehead atoms. The number of nitrogens with two attached hydrogens (primary N) is 1. The molecule has 0 aliphatic heterocycles. The number of fused-ring (bicyclic) bond motifs is 1. The molecule has 3 N–H and O–H groups in total. The van der Waals surface area contributed by atoms with E-state index in [2.05, 4.69) is 4.98 Å². The van der Waals surface area contributed by atoms with Crippen molar-refractivity contribution in [1.29, 1.82) is 0 Å². The standard InChI is InChI=1S/C23H28ClF3N2O2/c24-18-13-17-15(6-11-29-21(17)30)12-19(18)31-16-4-9-22(10-5-16,20(28)14-2-3-14)7-1-8-23(25,26)27/h6,11-14,16,20H,1-5,7-10,28H2,(H,29,30)/t16?,20-,22?/m1/s1. The number of halogens is 4. The zero-order valence-electron chi connectivity index (χ0n) is 17.3. The normalized spacial score (nSPS) is 25.5. The van der Waals surface area contributed by atoms with Gasteiger partial charge in [0.25, 0.3) is 5.56 Å². The van der Waals surface area contributed by atoms with Crippen molar-refractivity contribution in [1.82, 2.24) is 4.98 Å². The number of H-pyrrole nitrogens is 1. The molecule has 0 amide bonds. The highest BCUT2D eigenvalue weighted by Crippen LogP contribution is 2.50. The molecule has 4 rings (SSSR count). The zero-order valence-corrected chi connectivity index (χ0v) is 18.1. The molecule has 2 saturated carbocycles. The quantitative estimate of drug-likeness (QED) is 0.540. The minimum atomic E-state index is -4.13. The van der Waals surface area contributed by atoms with Crippen LogP contribution in [0.4, 0.5) is 13.2 Å². The van der Waals surface area contributed by atoms with Crippen LogP contribution in [-0.4, -0.2) is 23.3 Å². The first-order valence-corrected chi connectivity index (χ1v) is 11.3. The predicted octanol–water partition coefficient (Wildman–Crippen LogP) is 5.96. The summed E-state index contributed by atoms with van der Waals surface area (Å²) in [6.07, 6.45) is 2.41. The molecule has 1 aromatic carbocycles. The largest absolute Gasteiger partial charge is 0.489 e. The Morgan fingerprint density at radius 1 is 1.23 bits per heavy atom. The van der Waals surface area contributed by atoms with E-state index in [1.165, 1.54) is 0 Å². The van der Waals surface area contributed by atoms with Crippen molar-refractivity contribution in [3.05, 3.63) is 39.8 Å². The van der Waals surface area contributed by atoms with Gasteiger partial charge >= 0.3 is 6.18 Å². The maximum atomic E-state index is 12.7. The fourth-order valence-electron chi connectivity index (χ4n) is 5.09. The van der Waals surface area contributed by atoms with Crippen LogP contribution < -0.4 is 16.0 Å². The SMILES string of the molecule is N[C@H](C1CC1)C1(CCCC(F)(F)F)CCC(Oc2cc3cc[nH]c(=O)c3cc2Cl)CC1. The Labute approximate surface area is 184 Å². The third-order valence-corrected chi connectivity index (χ3v) is 7.32. The van der Waals surface area contributed by atoms with E-state index < -0.39 is 12.6 Å². The van der Waals surface area contributed by atoms with E-state index in [-0.39, 0.29) is 29.5 Å². The van der Waals surface area contributed by atoms with Crippen molar-refractivity contribution in [2.45, 2.75) is 76.1 Å². The fraction of sp³-hybridized carbons (Fsp3) is 0.609. The molecule has 0 saturated heterocycles. The van der Waals surface area contributed by atoms with Crippen LogP contribution in [0.1, 0.15) is 57.8 Å². The van der Waals surface area contributed by atoms with Crippen LogP contribution in [-0.2, 0) is 0 Å². The highest BCUT2D eigenvalue weighted by atomic mass is 35.5. The summed E-state index contributed by atoms with van der Waals surface area (Å²) in [6, 6.07) is 5.13. The third-order valence-electron chi connectivity index (χ3n) is 7.02. The van der Waals surface area contributed by atoms with Crippen LogP contribution in [0.25, 0.3) is 10.8 Å². The molecule has 31 heavy (non-hydrogen) atoms. The zero-order chi connectivity index (χ0) is 22.2. The molecular weight excluding hydrogens is 429 g/mol. The van der Waals surface area contributed by atoms with Crippen LogP contribution in [0.15, 0.2) is 29.2 Å². The summed E-state index contributed by atoms with van der Waals surface area (Å²) in [4.78, 5) is 14.6. The van der Waals surface area contributed by atoms with Crippen molar-refractivity contribution < 1.29 is 17.9 Å². The number of benzene rings is 1. The topological polar surface area (TPSA) is 68.1 Å². The Kier molecular flexibility index (Phi) is 6.28. The van der Waals surface area contributed by atoms with Gasteiger partial charge in [-0.2, -0.15) is 13.2 Å². The summed E-state index contributed by atoms with van der Waals surface area (Å²) in [7, 11) is 0. The highest BCUT2D eigenvalue weighted by molar-refractivity contribution is 6.32. The number of alkyl halides is 3. The maximum Gasteiger partial charge on any atom is 0.389 e. The van der Waals surface area contributed by atoms with Crippen LogP contribution in [0.2, 0.25) is 5.02 Å². The number of aromatic nitrogens is 1. The van der Waals surface area contributed by atoms with E-state index in [0.717, 1.165) is 43.9 Å². The highest BCUT2D eigenvalue weighted by Gasteiger charge is 2.46. The van der Waals surface area contributed by atoms with E-state index in [9.17, 15) is 18.0 Å². The Hall–Kier alpha value is -1.73. The fourth-order valence-corrected chi connectivity index (χ4v) is 5.30. The van der Waals surface area contributed by atoms with Crippen molar-refractivity contribution in [2.24, 2.45) is 17.1 Å². The molecule has 170 valence electrons. The Morgan fingerprint density at radius 3 is 2.58 bits per heavy atom. The summed E-state index contributed by atoms with van der Waals surface area (Å²) < 4.78 is 44.3. The van der Waals surface area contributed by atoms with Crippen LogP contribution in [0, 0.1) is 11.3 Å². The van der Waals surface area contributed by atoms with Crippen molar-refractivity contribution in [3.63, 3.8) is 0 Å². The van der Waals surface area contributed by atoms with Crippen molar-refractivity contribution >= 4 is 22.4 Å². The number of nitrogens with one attached hydrogen (secondary N) is 1. The summed E-state index contributed by atoms with van der Waals surface area (Å²) in [5.41, 5.74) is 6.11. The second-order valence-corrected chi connectivity index (χ2v) is 9.60. The smallest absolute Gasteiger partial charge is 0.389 e. The predicted molar refractivity (Wildman–Crippen MR) is 116 cm³/mol. The number of hydrogen-bond donors (Lipinski definition) is 2. The molecule has 0 radical (unpaired) electrons. The molecule has 2 aliphatic rings. The second kappa shape index (κ2) is 8.66. The van der Waals surface area contributed by atoms with Gasteiger partial charge in [-0.15, -0.1) is 0 Å². The lowest BCUT2D eigenvalue weighted by Gasteiger charge is -2.45. The van der Waals surface area contributed by atoms with Gasteiger partial charge in [0.2, 0.25) is 0 Å². The van der Waals surface area contributed by atoms with E-state index in [1.54, 1.807) is 24.4 Å². The van der Waals surface area contributed by atoms with Gasteiger partial charge in [-0.05, 0) is 86.3 Å². The minimum absolute atomic E-state index is 0.0438. The first-order valence-electron chi connectivity index (χ1n) is 11.0. The molecule has 1 aromatic heterocycles. The van der Waals surface area contributed by atoms with Gasteiger partial charge in [0, 0.05) is 24.0 Å². The molecule has 2 aliphatic carbocycles. The van der Waals surface area contributed by atoms with E-state index in [1.807, 2.05) is 0 Å². The average molecular weight is 457 g/mol. The number of ether oxygens (including phenoxy) is 1. The summed E-state index contributed by atoms with van der Waals surface area (Å²) >= 11 is 6.36. The molecule has 2 aromatic rings. The molecule has 1 heterocycles. The maximum absolute atomic E-state index is 12.7. The molecule has 4 nitrogen and oxygen atoms in total. The molecule has 0 unspecified atom stereocenters. The first kappa shape index (κ1) is 22.5. The van der Waals surface area contributed by atoms with Crippen LogP contribution >= 0.6 is 11.6 Å². The Balaban J connectivity index is 1.44. The number of aromatic amines is 1. The second-order valence-electron chi connectivity index (χ2n) is 9.19. The Morgan fingerprint density at radius 2 is 1.94 bits per heavy atom. The van der Waals surface area contributed by atoms with Gasteiger partial charge in [-0.25, -0.2) is 0 Å². The minimum Gasteiger partial charge on any atom is -0.489 e. The number of hydrogen-bond acceptors (Lipinski definition) is 3. The molecule has 2 fully saturated rings. The van der Waals surface area contributed by atoms with Gasteiger partial charge in [0.15, 0.2) is 0 Å².